The van der Waals surface area contributed by atoms with Crippen LogP contribution in [0.4, 0.5) is 0 Å². The van der Waals surface area contributed by atoms with Crippen molar-refractivity contribution >= 4 is 22.9 Å². The number of amides is 1. The van der Waals surface area contributed by atoms with Crippen LogP contribution in [0.5, 0.6) is 5.75 Å². The Hall–Kier alpha value is -4.37. The van der Waals surface area contributed by atoms with E-state index in [1.54, 1.807) is 30.3 Å². The predicted octanol–water partition coefficient (Wildman–Crippen LogP) is 4.74. The quantitative estimate of drug-likeness (QED) is 0.390. The van der Waals surface area contributed by atoms with Gasteiger partial charge in [-0.15, -0.1) is 0 Å². The van der Waals surface area contributed by atoms with Crippen LogP contribution in [0.15, 0.2) is 82.3 Å². The van der Waals surface area contributed by atoms with Crippen molar-refractivity contribution in [3.05, 3.63) is 89.7 Å². The number of furan rings is 1. The first-order chi connectivity index (χ1) is 14.7. The summed E-state index contributed by atoms with van der Waals surface area (Å²) in [6, 6.07) is 24.1. The number of nitrogens with zero attached hydrogens (tertiary/aromatic N) is 2. The maximum absolute atomic E-state index is 12.6. The standard InChI is InChI=1S/C24H17N3O3/c1-29-23-13-17-7-3-2-6-16(17)12-21(23)24(28)27-26-15-19-10-11-22(30-19)20-9-5-4-8-18(20)14-25/h2-13,15H,1H3,(H,27,28). The van der Waals surface area contributed by atoms with Gasteiger partial charge in [0.15, 0.2) is 0 Å². The number of nitriles is 1. The van der Waals surface area contributed by atoms with E-state index in [1.165, 1.54) is 13.3 Å². The van der Waals surface area contributed by atoms with E-state index in [1.807, 2.05) is 42.5 Å². The zero-order valence-corrected chi connectivity index (χ0v) is 16.1. The number of ether oxygens (including phenoxy) is 1. The lowest BCUT2D eigenvalue weighted by Gasteiger charge is -2.09. The van der Waals surface area contributed by atoms with E-state index in [9.17, 15) is 10.1 Å². The SMILES string of the molecule is COc1cc2ccccc2cc1C(=O)NN=Cc1ccc(-c2ccccc2C#N)o1. The van der Waals surface area contributed by atoms with Crippen molar-refractivity contribution in [1.29, 1.82) is 5.26 Å². The van der Waals surface area contributed by atoms with Crippen LogP contribution in [0.2, 0.25) is 0 Å². The van der Waals surface area contributed by atoms with Crippen molar-refractivity contribution in [1.82, 2.24) is 5.43 Å². The summed E-state index contributed by atoms with van der Waals surface area (Å²) in [7, 11) is 1.52. The fourth-order valence-corrected chi connectivity index (χ4v) is 3.14. The fraction of sp³-hybridized carbons (Fsp3) is 0.0417. The van der Waals surface area contributed by atoms with Crippen LogP contribution < -0.4 is 10.2 Å². The van der Waals surface area contributed by atoms with Crippen LogP contribution in [0.1, 0.15) is 21.7 Å². The number of hydrazone groups is 1. The summed E-state index contributed by atoms with van der Waals surface area (Å²) in [4.78, 5) is 12.6. The zero-order valence-electron chi connectivity index (χ0n) is 16.1. The van der Waals surface area contributed by atoms with Gasteiger partial charge in [-0.1, -0.05) is 36.4 Å². The van der Waals surface area contributed by atoms with E-state index in [-0.39, 0.29) is 0 Å². The number of nitrogens with one attached hydrogen (secondary N) is 1. The largest absolute Gasteiger partial charge is 0.496 e. The van der Waals surface area contributed by atoms with Gasteiger partial charge in [0.25, 0.3) is 5.91 Å². The number of methoxy groups -OCH3 is 1. The van der Waals surface area contributed by atoms with Crippen molar-refractivity contribution in [2.45, 2.75) is 0 Å². The molecule has 1 N–H and O–H groups in total. The molecule has 1 aromatic heterocycles. The molecular weight excluding hydrogens is 378 g/mol. The monoisotopic (exact) mass is 395 g/mol. The highest BCUT2D eigenvalue weighted by Crippen LogP contribution is 2.26. The number of hydrogen-bond acceptors (Lipinski definition) is 5. The molecule has 6 heteroatoms. The summed E-state index contributed by atoms with van der Waals surface area (Å²) in [5.41, 5.74) is 4.10. The number of carbonyl (C=O) groups is 1. The summed E-state index contributed by atoms with van der Waals surface area (Å²) in [5.74, 6) is 1.07. The molecule has 0 aliphatic carbocycles. The molecule has 0 aliphatic rings. The van der Waals surface area contributed by atoms with Gasteiger partial charge in [0.05, 0.1) is 30.5 Å². The smallest absolute Gasteiger partial charge is 0.275 e. The summed E-state index contributed by atoms with van der Waals surface area (Å²) in [5, 5.41) is 15.1. The molecule has 4 rings (SSSR count). The van der Waals surface area contributed by atoms with E-state index < -0.39 is 5.91 Å². The van der Waals surface area contributed by atoms with Crippen molar-refractivity contribution < 1.29 is 13.9 Å². The molecular formula is C24H17N3O3. The molecule has 3 aromatic carbocycles. The number of rotatable bonds is 5. The predicted molar refractivity (Wildman–Crippen MR) is 114 cm³/mol. The second-order valence-corrected chi connectivity index (χ2v) is 6.46. The Morgan fingerprint density at radius 3 is 2.57 bits per heavy atom. The zero-order chi connectivity index (χ0) is 20.9. The van der Waals surface area contributed by atoms with Crippen LogP contribution in [0.3, 0.4) is 0 Å². The van der Waals surface area contributed by atoms with Crippen molar-refractivity contribution in [3.8, 4) is 23.1 Å². The first kappa shape index (κ1) is 19.0. The van der Waals surface area contributed by atoms with Crippen molar-refractivity contribution in [2.24, 2.45) is 5.10 Å². The normalized spacial score (nSPS) is 10.8. The Labute approximate surface area is 173 Å². The first-order valence-electron chi connectivity index (χ1n) is 9.19. The van der Waals surface area contributed by atoms with E-state index in [4.69, 9.17) is 9.15 Å². The van der Waals surface area contributed by atoms with Crippen LogP contribution in [0, 0.1) is 11.3 Å². The minimum absolute atomic E-state index is 0.386. The molecule has 1 amide bonds. The lowest BCUT2D eigenvalue weighted by molar-refractivity contribution is 0.0952. The molecule has 6 nitrogen and oxygen atoms in total. The highest BCUT2D eigenvalue weighted by molar-refractivity contribution is 6.01. The molecule has 0 saturated heterocycles. The van der Waals surface area contributed by atoms with Gasteiger partial charge in [0, 0.05) is 5.56 Å². The highest BCUT2D eigenvalue weighted by atomic mass is 16.5. The molecule has 0 radical (unpaired) electrons. The second-order valence-electron chi connectivity index (χ2n) is 6.46. The lowest BCUT2D eigenvalue weighted by Crippen LogP contribution is -2.18. The van der Waals surface area contributed by atoms with Crippen LogP contribution in [-0.2, 0) is 0 Å². The third-order valence-electron chi connectivity index (χ3n) is 4.61. The minimum atomic E-state index is -0.393. The Bertz CT molecular complexity index is 1300. The molecule has 0 atom stereocenters. The average molecular weight is 395 g/mol. The van der Waals surface area contributed by atoms with E-state index in [0.717, 1.165) is 10.8 Å². The van der Waals surface area contributed by atoms with Crippen molar-refractivity contribution in [2.75, 3.05) is 7.11 Å². The van der Waals surface area contributed by atoms with Crippen molar-refractivity contribution in [3.63, 3.8) is 0 Å². The molecule has 1 heterocycles. The maximum atomic E-state index is 12.6. The third-order valence-corrected chi connectivity index (χ3v) is 4.61. The van der Waals surface area contributed by atoms with Crippen LogP contribution >= 0.6 is 0 Å². The van der Waals surface area contributed by atoms with Gasteiger partial charge in [-0.3, -0.25) is 4.79 Å². The summed E-state index contributed by atoms with van der Waals surface area (Å²) >= 11 is 0. The molecule has 0 unspecified atom stereocenters. The Kier molecular flexibility index (Phi) is 5.27. The van der Waals surface area contributed by atoms with E-state index >= 15 is 0 Å². The number of benzene rings is 3. The molecule has 0 bridgehead atoms. The summed E-state index contributed by atoms with van der Waals surface area (Å²) < 4.78 is 11.1. The average Bonchev–Trinajstić information content (AvgIpc) is 3.26. The Morgan fingerprint density at radius 1 is 1.07 bits per heavy atom. The molecule has 0 spiro atoms. The minimum Gasteiger partial charge on any atom is -0.496 e. The molecule has 0 fully saturated rings. The Balaban J connectivity index is 1.52. The van der Waals surface area contributed by atoms with Gasteiger partial charge in [0.1, 0.15) is 17.3 Å². The molecule has 146 valence electrons. The fourth-order valence-electron chi connectivity index (χ4n) is 3.14. The van der Waals surface area contributed by atoms with Gasteiger partial charge in [0.2, 0.25) is 0 Å². The second kappa shape index (κ2) is 8.33. The van der Waals surface area contributed by atoms with Gasteiger partial charge < -0.3 is 9.15 Å². The van der Waals surface area contributed by atoms with E-state index in [2.05, 4.69) is 16.6 Å². The molecule has 0 aliphatic heterocycles. The molecule has 4 aromatic rings. The lowest BCUT2D eigenvalue weighted by atomic mass is 10.1. The van der Waals surface area contributed by atoms with Crippen LogP contribution in [0.25, 0.3) is 22.1 Å². The summed E-state index contributed by atoms with van der Waals surface area (Å²) in [6.45, 7) is 0. The van der Waals surface area contributed by atoms with Gasteiger partial charge in [-0.05, 0) is 47.2 Å². The number of hydrogen-bond donors (Lipinski definition) is 1. The maximum Gasteiger partial charge on any atom is 0.275 e. The molecule has 0 saturated carbocycles. The third kappa shape index (κ3) is 3.77. The first-order valence-corrected chi connectivity index (χ1v) is 9.19. The summed E-state index contributed by atoms with van der Waals surface area (Å²) in [6.07, 6.45) is 1.41. The Morgan fingerprint density at radius 2 is 1.80 bits per heavy atom. The highest BCUT2D eigenvalue weighted by Gasteiger charge is 2.13. The number of fused-ring (bicyclic) bond motifs is 1. The van der Waals surface area contributed by atoms with Gasteiger partial charge in [-0.25, -0.2) is 5.43 Å². The topological polar surface area (TPSA) is 87.6 Å². The van der Waals surface area contributed by atoms with Gasteiger partial charge >= 0.3 is 0 Å². The molecule has 30 heavy (non-hydrogen) atoms. The van der Waals surface area contributed by atoms with E-state index in [0.29, 0.717) is 34.0 Å². The van der Waals surface area contributed by atoms with Crippen LogP contribution in [-0.4, -0.2) is 19.2 Å². The van der Waals surface area contributed by atoms with Gasteiger partial charge in [-0.2, -0.15) is 10.4 Å². The number of carbonyl (C=O) groups excluding carboxylic acids is 1.